The number of hydrogen-bond acceptors (Lipinski definition) is 2. The van der Waals surface area contributed by atoms with E-state index in [0.29, 0.717) is 44.3 Å². The second kappa shape index (κ2) is 17.0. The molecule has 1 rings (SSSR count). The van der Waals surface area contributed by atoms with Crippen molar-refractivity contribution in [3.63, 3.8) is 0 Å². The molecule has 1 atom stereocenters. The monoisotopic (exact) mass is 600 g/mol. The van der Waals surface area contributed by atoms with Gasteiger partial charge in [-0.25, -0.2) is 0 Å². The zero-order chi connectivity index (χ0) is 35.0. The Kier molecular flexibility index (Phi) is 20.5. The molecule has 2 amide bonds. The van der Waals surface area contributed by atoms with Gasteiger partial charge in [0.2, 0.25) is 11.8 Å². The first-order chi connectivity index (χ1) is 17.3. The fourth-order valence-corrected chi connectivity index (χ4v) is 2.56. The van der Waals surface area contributed by atoms with Gasteiger partial charge in [-0.3, -0.25) is 14.5 Å². The lowest BCUT2D eigenvalue weighted by Crippen LogP contribution is -2.41. The van der Waals surface area contributed by atoms with Crippen molar-refractivity contribution in [1.29, 1.82) is 0 Å². The molecule has 0 saturated carbocycles. The molecule has 1 saturated heterocycles. The van der Waals surface area contributed by atoms with E-state index >= 15 is 0 Å². The maximum Gasteiger partial charge on any atom is 0.233 e. The highest BCUT2D eigenvalue weighted by Gasteiger charge is 2.43. The number of amides is 2. The van der Waals surface area contributed by atoms with E-state index in [-0.39, 0.29) is 30.6 Å². The lowest BCUT2D eigenvalue weighted by molar-refractivity contribution is -0.138. The molecule has 1 aliphatic rings. The van der Waals surface area contributed by atoms with Gasteiger partial charge in [0.05, 0.1) is 5.92 Å². The molecule has 0 N–H and O–H groups in total. The second-order valence-corrected chi connectivity index (χ2v) is 19.5. The van der Waals surface area contributed by atoms with Gasteiger partial charge < -0.3 is 0 Å². The molecule has 42 heavy (non-hydrogen) atoms. The number of imide groups is 1. The molecule has 1 heterocycles. The number of carbonyl (C=O) groups is 2. The van der Waals surface area contributed by atoms with Crippen molar-refractivity contribution >= 4 is 11.8 Å². The smallest absolute Gasteiger partial charge is 0.233 e. The lowest BCUT2D eigenvalue weighted by Gasteiger charge is -2.49. The molecule has 1 fully saturated rings. The zero-order valence-corrected chi connectivity index (χ0v) is 33.5. The minimum Gasteiger partial charge on any atom is -0.285 e. The van der Waals surface area contributed by atoms with Crippen LogP contribution in [0, 0.1) is 49.2 Å². The molecule has 258 valence electrons. The van der Waals surface area contributed by atoms with Gasteiger partial charge in [0.25, 0.3) is 0 Å². The largest absolute Gasteiger partial charge is 0.285 e. The van der Waals surface area contributed by atoms with Gasteiger partial charge in [-0.2, -0.15) is 0 Å². The van der Waals surface area contributed by atoms with E-state index in [4.69, 9.17) is 0 Å². The van der Waals surface area contributed by atoms with E-state index in [1.165, 1.54) is 4.90 Å². The van der Waals surface area contributed by atoms with Gasteiger partial charge in [0, 0.05) is 13.5 Å². The van der Waals surface area contributed by atoms with Crippen molar-refractivity contribution in [2.45, 2.75) is 187 Å². The van der Waals surface area contributed by atoms with Crippen LogP contribution in [0.2, 0.25) is 0 Å². The first-order valence-corrected chi connectivity index (χ1v) is 16.1. The van der Waals surface area contributed by atoms with E-state index in [9.17, 15) is 9.59 Å². The molecule has 0 radical (unpaired) electrons. The third-order valence-corrected chi connectivity index (χ3v) is 10.7. The van der Waals surface area contributed by atoms with Crippen molar-refractivity contribution < 1.29 is 9.59 Å². The third-order valence-electron chi connectivity index (χ3n) is 10.7. The highest BCUT2D eigenvalue weighted by molar-refractivity contribution is 6.03. The van der Waals surface area contributed by atoms with Crippen LogP contribution in [-0.4, -0.2) is 23.8 Å². The van der Waals surface area contributed by atoms with Crippen LogP contribution in [0.4, 0.5) is 0 Å². The summed E-state index contributed by atoms with van der Waals surface area (Å²) in [7, 11) is 1.55. The van der Waals surface area contributed by atoms with Crippen LogP contribution >= 0.6 is 0 Å². The average Bonchev–Trinajstić information content (AvgIpc) is 2.94. The predicted octanol–water partition coefficient (Wildman–Crippen LogP) is 13.0. The fraction of sp³-hybridized carbons (Fsp3) is 0.949. The van der Waals surface area contributed by atoms with Crippen molar-refractivity contribution in [1.82, 2.24) is 4.90 Å². The summed E-state index contributed by atoms with van der Waals surface area (Å²) in [6, 6.07) is 0. The quantitative estimate of drug-likeness (QED) is 0.260. The molecule has 0 aromatic rings. The van der Waals surface area contributed by atoms with Gasteiger partial charge in [-0.15, -0.1) is 0 Å². The van der Waals surface area contributed by atoms with Crippen LogP contribution in [-0.2, 0) is 9.59 Å². The van der Waals surface area contributed by atoms with Gasteiger partial charge >= 0.3 is 0 Å². The fourth-order valence-electron chi connectivity index (χ4n) is 2.56. The van der Waals surface area contributed by atoms with E-state index in [2.05, 4.69) is 138 Å². The molecular weight excluding hydrogens is 514 g/mol. The topological polar surface area (TPSA) is 37.4 Å². The summed E-state index contributed by atoms with van der Waals surface area (Å²) < 4.78 is 0. The number of hydrogen-bond donors (Lipinski definition) is 0. The normalized spacial score (nSPS) is 16.8. The number of likely N-dealkylation sites (tertiary alicyclic amines) is 1. The molecular formula is C39H85NO2. The van der Waals surface area contributed by atoms with Crippen LogP contribution < -0.4 is 0 Å². The Morgan fingerprint density at radius 2 is 0.690 bits per heavy atom. The third kappa shape index (κ3) is 17.4. The summed E-state index contributed by atoms with van der Waals surface area (Å²) in [6.07, 6.45) is 0.374. The van der Waals surface area contributed by atoms with Crippen molar-refractivity contribution in [3.8, 4) is 0 Å². The Morgan fingerprint density at radius 3 is 0.738 bits per heavy atom. The minimum absolute atomic E-state index is 0. The number of nitrogens with zero attached hydrogens (tertiary/aromatic N) is 1. The molecule has 0 aromatic heterocycles. The molecule has 3 nitrogen and oxygen atoms in total. The summed E-state index contributed by atoms with van der Waals surface area (Å²) >= 11 is 0. The summed E-state index contributed by atoms with van der Waals surface area (Å²) in [5.41, 5.74) is 2.79. The molecule has 1 aliphatic heterocycles. The van der Waals surface area contributed by atoms with Gasteiger partial charge in [0.1, 0.15) is 0 Å². The van der Waals surface area contributed by atoms with Crippen LogP contribution in [0.5, 0.6) is 0 Å². The highest BCUT2D eigenvalue weighted by Crippen LogP contribution is 2.50. The molecule has 3 heteroatoms. The van der Waals surface area contributed by atoms with Crippen molar-refractivity contribution in [3.05, 3.63) is 0 Å². The van der Waals surface area contributed by atoms with E-state index in [1.54, 1.807) is 7.05 Å². The Hall–Kier alpha value is -0.860. The van der Waals surface area contributed by atoms with Crippen LogP contribution in [0.25, 0.3) is 0 Å². The van der Waals surface area contributed by atoms with Crippen molar-refractivity contribution in [2.75, 3.05) is 7.05 Å². The molecule has 0 aliphatic carbocycles. The number of carbonyl (C=O) groups excluding carboxylic acids is 2. The lowest BCUT2D eigenvalue weighted by atomic mass is 9.56. The van der Waals surface area contributed by atoms with Gasteiger partial charge in [-0.05, 0) is 43.3 Å². The Balaban J connectivity index is -0.000000143. The first kappa shape index (κ1) is 50.8. The minimum atomic E-state index is -0.130. The molecule has 0 bridgehead atoms. The Morgan fingerprint density at radius 1 is 0.476 bits per heavy atom. The first-order valence-electron chi connectivity index (χ1n) is 16.1. The second-order valence-electron chi connectivity index (χ2n) is 19.5. The zero-order valence-electron chi connectivity index (χ0n) is 33.5. The van der Waals surface area contributed by atoms with E-state index in [0.717, 1.165) is 0 Å². The van der Waals surface area contributed by atoms with Crippen LogP contribution in [0.3, 0.4) is 0 Å². The molecule has 0 spiro atoms. The van der Waals surface area contributed by atoms with E-state index < -0.39 is 0 Å². The summed E-state index contributed by atoms with van der Waals surface area (Å²) in [4.78, 5) is 23.8. The van der Waals surface area contributed by atoms with Gasteiger partial charge in [0.15, 0.2) is 0 Å². The maximum absolute atomic E-state index is 11.5. The van der Waals surface area contributed by atoms with E-state index in [1.807, 2.05) is 34.6 Å². The number of rotatable bonds is 0. The van der Waals surface area contributed by atoms with Crippen LogP contribution in [0.1, 0.15) is 187 Å². The van der Waals surface area contributed by atoms with Crippen LogP contribution in [0.15, 0.2) is 0 Å². The molecule has 0 aromatic carbocycles. The summed E-state index contributed by atoms with van der Waals surface area (Å²) in [6.45, 7) is 55.8. The summed E-state index contributed by atoms with van der Waals surface area (Å²) in [5.74, 6) is -0.220. The predicted molar refractivity (Wildman–Crippen MR) is 194 cm³/mol. The Labute approximate surface area is 269 Å². The maximum atomic E-state index is 11.5. The summed E-state index contributed by atoms with van der Waals surface area (Å²) in [5, 5.41) is 0. The SMILES string of the molecule is C.CC.CC(C)(C)C(C)(C)C.CC(C)(C)C(C)(C)C.CC(C)(C)C(C)(C)C(C)(C)C.CN1C(=O)CC(C(C)(C)C)C1=O. The standard InChI is InChI=1S/C11H24.C9H15NO2.2C8H18.C2H6.CH4/c1-9(2,3)11(7,8)10(4,5)6;1-9(2,3)6-5-7(11)10(4)8(6)12;2*1-7(2,3)8(4,5)6;1-2;/h1-8H3;6H,5H2,1-4H3;2*1-6H3;1-2H3;1H4. The average molecular weight is 600 g/mol. The highest BCUT2D eigenvalue weighted by atomic mass is 16.2. The Bertz CT molecular complexity index is 689. The van der Waals surface area contributed by atoms with Gasteiger partial charge in [-0.1, -0.05) is 181 Å². The van der Waals surface area contributed by atoms with Crippen molar-refractivity contribution in [2.24, 2.45) is 49.2 Å². The molecule has 1 unspecified atom stereocenters.